The first kappa shape index (κ1) is 19.5. The fourth-order valence-electron chi connectivity index (χ4n) is 3.98. The third-order valence-electron chi connectivity index (χ3n) is 5.42. The van der Waals surface area contributed by atoms with Gasteiger partial charge in [-0.15, -0.1) is 6.42 Å². The fraction of sp³-hybridized carbons (Fsp3) is 0.261. The summed E-state index contributed by atoms with van der Waals surface area (Å²) in [5.74, 6) is 3.97. The summed E-state index contributed by atoms with van der Waals surface area (Å²) in [6.07, 6.45) is 9.80. The molecule has 2 aromatic carbocycles. The Balaban J connectivity index is 1.81. The van der Waals surface area contributed by atoms with E-state index < -0.39 is 6.03 Å². The normalized spacial score (nSPS) is 16.1. The number of benzene rings is 2. The molecule has 152 valence electrons. The van der Waals surface area contributed by atoms with Gasteiger partial charge in [0.25, 0.3) is 0 Å². The van der Waals surface area contributed by atoms with E-state index in [-0.39, 0.29) is 6.04 Å². The molecular weight excluding hydrogens is 378 g/mol. The lowest BCUT2D eigenvalue weighted by atomic mass is 9.93. The van der Waals surface area contributed by atoms with Crippen molar-refractivity contribution in [2.45, 2.75) is 25.3 Å². The minimum absolute atomic E-state index is 0.145. The number of aromatic nitrogens is 2. The maximum atomic E-state index is 12.0. The average Bonchev–Trinajstić information content (AvgIpc) is 2.78. The van der Waals surface area contributed by atoms with E-state index in [9.17, 15) is 4.79 Å². The van der Waals surface area contributed by atoms with Crippen LogP contribution in [-0.4, -0.2) is 34.6 Å². The summed E-state index contributed by atoms with van der Waals surface area (Å²) in [5, 5.41) is 4.16. The molecule has 1 aliphatic heterocycles. The number of nitrogens with zero attached hydrogens (tertiary/aromatic N) is 3. The van der Waals surface area contributed by atoms with Crippen molar-refractivity contribution in [3.63, 3.8) is 0 Å². The van der Waals surface area contributed by atoms with Crippen molar-refractivity contribution in [3.05, 3.63) is 53.9 Å². The minimum atomic E-state index is -0.421. The molecule has 1 aromatic heterocycles. The number of fused-ring (bicyclic) bond motifs is 1. The number of methoxy groups -OCH3 is 1. The number of ether oxygens (including phenoxy) is 1. The Kier molecular flexibility index (Phi) is 5.40. The highest BCUT2D eigenvalue weighted by molar-refractivity contribution is 5.92. The van der Waals surface area contributed by atoms with Crippen molar-refractivity contribution in [2.75, 3.05) is 19.0 Å². The molecule has 7 nitrogen and oxygen atoms in total. The number of terminal acetylenes is 1. The van der Waals surface area contributed by atoms with Crippen LogP contribution in [0.4, 0.5) is 16.3 Å². The van der Waals surface area contributed by atoms with Crippen molar-refractivity contribution in [1.29, 1.82) is 0 Å². The van der Waals surface area contributed by atoms with Crippen LogP contribution in [0.15, 0.2) is 42.7 Å². The Morgan fingerprint density at radius 1 is 1.30 bits per heavy atom. The molecule has 1 fully saturated rings. The molecule has 0 bridgehead atoms. The van der Waals surface area contributed by atoms with Crippen LogP contribution < -0.4 is 15.8 Å². The maximum Gasteiger partial charge on any atom is 0.315 e. The molecule has 1 aliphatic rings. The van der Waals surface area contributed by atoms with Crippen LogP contribution in [0, 0.1) is 12.3 Å². The third-order valence-corrected chi connectivity index (χ3v) is 5.42. The monoisotopic (exact) mass is 401 g/mol. The van der Waals surface area contributed by atoms with Crippen LogP contribution in [-0.2, 0) is 0 Å². The number of urea groups is 1. The van der Waals surface area contributed by atoms with Crippen LogP contribution in [0.5, 0.6) is 5.75 Å². The van der Waals surface area contributed by atoms with Gasteiger partial charge >= 0.3 is 6.03 Å². The number of hydrogen-bond acceptors (Lipinski definition) is 5. The number of carbonyl (C=O) groups excluding carboxylic acids is 1. The van der Waals surface area contributed by atoms with E-state index in [1.807, 2.05) is 36.4 Å². The summed E-state index contributed by atoms with van der Waals surface area (Å²) in [5.41, 5.74) is 8.90. The first-order valence-electron chi connectivity index (χ1n) is 9.83. The summed E-state index contributed by atoms with van der Waals surface area (Å²) in [6.45, 7) is 0.635. The Morgan fingerprint density at radius 2 is 2.17 bits per heavy atom. The molecule has 2 amide bonds. The maximum absolute atomic E-state index is 12.0. The number of carbonyl (C=O) groups is 1. The summed E-state index contributed by atoms with van der Waals surface area (Å²) in [7, 11) is 1.62. The van der Waals surface area contributed by atoms with Crippen LogP contribution >= 0.6 is 0 Å². The molecule has 30 heavy (non-hydrogen) atoms. The second kappa shape index (κ2) is 8.29. The van der Waals surface area contributed by atoms with Gasteiger partial charge in [-0.3, -0.25) is 0 Å². The standard InChI is InChI=1S/C23H23N5O2/c1-3-15-7-6-8-16(11-15)27-22-17-12-18(20-9-4-5-10-28(20)23(24)29)21(30-2)13-19(17)25-14-26-22/h1,6-8,11-14,20H,4-5,9-10H2,2H3,(H2,24,29)(H,25,26,27). The largest absolute Gasteiger partial charge is 0.496 e. The van der Waals surface area contributed by atoms with Gasteiger partial charge in [0.2, 0.25) is 0 Å². The molecule has 1 atom stereocenters. The van der Waals surface area contributed by atoms with Gasteiger partial charge in [-0.05, 0) is 43.5 Å². The van der Waals surface area contributed by atoms with Crippen LogP contribution in [0.1, 0.15) is 36.4 Å². The second-order valence-corrected chi connectivity index (χ2v) is 7.23. The number of hydrogen-bond donors (Lipinski definition) is 2. The van der Waals surface area contributed by atoms with E-state index in [0.29, 0.717) is 18.1 Å². The molecule has 2 heterocycles. The predicted molar refractivity (Wildman–Crippen MR) is 117 cm³/mol. The van der Waals surface area contributed by atoms with E-state index >= 15 is 0 Å². The van der Waals surface area contributed by atoms with E-state index in [0.717, 1.165) is 47.0 Å². The van der Waals surface area contributed by atoms with Gasteiger partial charge in [-0.2, -0.15) is 0 Å². The lowest BCUT2D eigenvalue weighted by molar-refractivity contribution is 0.158. The first-order chi connectivity index (χ1) is 14.6. The van der Waals surface area contributed by atoms with Gasteiger partial charge in [0.15, 0.2) is 0 Å². The molecule has 0 spiro atoms. The predicted octanol–water partition coefficient (Wildman–Crippen LogP) is 3.97. The topological polar surface area (TPSA) is 93.4 Å². The van der Waals surface area contributed by atoms with Crippen molar-refractivity contribution in [2.24, 2.45) is 5.73 Å². The van der Waals surface area contributed by atoms with Crippen molar-refractivity contribution < 1.29 is 9.53 Å². The highest BCUT2D eigenvalue weighted by Crippen LogP contribution is 2.39. The number of rotatable bonds is 4. The number of primary amides is 1. The van der Waals surface area contributed by atoms with Crippen LogP contribution in [0.3, 0.4) is 0 Å². The number of piperidine rings is 1. The lowest BCUT2D eigenvalue weighted by Gasteiger charge is -2.35. The van der Waals surface area contributed by atoms with E-state index in [2.05, 4.69) is 21.2 Å². The quantitative estimate of drug-likeness (QED) is 0.645. The molecule has 0 saturated carbocycles. The number of likely N-dealkylation sites (tertiary alicyclic amines) is 1. The zero-order chi connectivity index (χ0) is 21.1. The first-order valence-corrected chi connectivity index (χ1v) is 9.83. The highest BCUT2D eigenvalue weighted by Gasteiger charge is 2.29. The molecule has 0 aliphatic carbocycles. The fourth-order valence-corrected chi connectivity index (χ4v) is 3.98. The van der Waals surface area contributed by atoms with E-state index in [1.165, 1.54) is 6.33 Å². The molecule has 0 radical (unpaired) electrons. The zero-order valence-corrected chi connectivity index (χ0v) is 16.8. The third kappa shape index (κ3) is 3.72. The molecule has 3 aromatic rings. The molecule has 4 rings (SSSR count). The van der Waals surface area contributed by atoms with Crippen LogP contribution in [0.25, 0.3) is 10.9 Å². The summed E-state index contributed by atoms with van der Waals surface area (Å²) < 4.78 is 5.64. The Hall–Kier alpha value is -3.79. The lowest BCUT2D eigenvalue weighted by Crippen LogP contribution is -2.41. The van der Waals surface area contributed by atoms with Crippen molar-refractivity contribution >= 4 is 28.4 Å². The van der Waals surface area contributed by atoms with Crippen molar-refractivity contribution in [1.82, 2.24) is 14.9 Å². The van der Waals surface area contributed by atoms with Gasteiger partial charge in [0.05, 0.1) is 18.7 Å². The SMILES string of the molecule is C#Cc1cccc(Nc2ncnc3cc(OC)c(C4CCCCN4C(N)=O)cc23)c1. The Bertz CT molecular complexity index is 1140. The number of nitrogens with two attached hydrogens (primary N) is 1. The smallest absolute Gasteiger partial charge is 0.315 e. The van der Waals surface area contributed by atoms with Gasteiger partial charge in [0.1, 0.15) is 17.9 Å². The Labute approximate surface area is 175 Å². The van der Waals surface area contributed by atoms with Gasteiger partial charge < -0.3 is 20.7 Å². The molecule has 1 unspecified atom stereocenters. The molecule has 3 N–H and O–H groups in total. The molecule has 7 heteroatoms. The number of anilines is 2. The van der Waals surface area contributed by atoms with Crippen molar-refractivity contribution in [3.8, 4) is 18.1 Å². The van der Waals surface area contributed by atoms with Gasteiger partial charge in [-0.1, -0.05) is 12.0 Å². The summed E-state index contributed by atoms with van der Waals surface area (Å²) in [4.78, 5) is 22.6. The van der Waals surface area contributed by atoms with E-state index in [4.69, 9.17) is 16.9 Å². The van der Waals surface area contributed by atoms with Crippen LogP contribution in [0.2, 0.25) is 0 Å². The van der Waals surface area contributed by atoms with Gasteiger partial charge in [0, 0.05) is 34.8 Å². The average molecular weight is 401 g/mol. The highest BCUT2D eigenvalue weighted by atomic mass is 16.5. The Morgan fingerprint density at radius 3 is 2.93 bits per heavy atom. The zero-order valence-electron chi connectivity index (χ0n) is 16.8. The number of nitrogens with one attached hydrogen (secondary N) is 1. The number of amides is 2. The van der Waals surface area contributed by atoms with E-state index in [1.54, 1.807) is 12.0 Å². The minimum Gasteiger partial charge on any atom is -0.496 e. The van der Waals surface area contributed by atoms with Gasteiger partial charge in [-0.25, -0.2) is 14.8 Å². The summed E-state index contributed by atoms with van der Waals surface area (Å²) >= 11 is 0. The second-order valence-electron chi connectivity index (χ2n) is 7.23. The molecular formula is C23H23N5O2. The summed E-state index contributed by atoms with van der Waals surface area (Å²) in [6, 6.07) is 10.9. The molecule has 1 saturated heterocycles.